The van der Waals surface area contributed by atoms with Gasteiger partial charge in [-0.1, -0.05) is 12.1 Å². The van der Waals surface area contributed by atoms with Gasteiger partial charge < -0.3 is 5.32 Å². The highest BCUT2D eigenvalue weighted by Crippen LogP contribution is 2.33. The summed E-state index contributed by atoms with van der Waals surface area (Å²) in [6.07, 6.45) is 4.45. The summed E-state index contributed by atoms with van der Waals surface area (Å²) in [5, 5.41) is 2.82. The first-order chi connectivity index (χ1) is 14.1. The molecule has 154 valence electrons. The molecule has 2 aromatic rings. The van der Waals surface area contributed by atoms with Gasteiger partial charge in [0.1, 0.15) is 11.6 Å². The van der Waals surface area contributed by atoms with Crippen molar-refractivity contribution in [3.05, 3.63) is 65.7 Å². The molecule has 1 heterocycles. The van der Waals surface area contributed by atoms with Gasteiger partial charge in [0.15, 0.2) is 0 Å². The molecule has 1 saturated heterocycles. The van der Waals surface area contributed by atoms with Crippen LogP contribution >= 0.6 is 0 Å². The van der Waals surface area contributed by atoms with Crippen LogP contribution in [0.1, 0.15) is 31.2 Å². The third kappa shape index (κ3) is 5.61. The van der Waals surface area contributed by atoms with Gasteiger partial charge in [-0.3, -0.25) is 14.6 Å². The zero-order valence-corrected chi connectivity index (χ0v) is 16.5. The molecule has 1 amide bonds. The molecule has 1 N–H and O–H groups in total. The lowest BCUT2D eigenvalue weighted by molar-refractivity contribution is -0.117. The summed E-state index contributed by atoms with van der Waals surface area (Å²) in [4.78, 5) is 17.0. The second kappa shape index (κ2) is 9.01. The number of likely N-dealkylation sites (tertiary alicyclic amines) is 1. The van der Waals surface area contributed by atoms with Crippen LogP contribution in [0.5, 0.6) is 0 Å². The normalized spacial score (nSPS) is 18.2. The largest absolute Gasteiger partial charge is 0.325 e. The van der Waals surface area contributed by atoms with Crippen molar-refractivity contribution < 1.29 is 13.6 Å². The van der Waals surface area contributed by atoms with Crippen molar-refractivity contribution in [2.45, 2.75) is 44.3 Å². The molecule has 4 rings (SSSR count). The van der Waals surface area contributed by atoms with E-state index in [-0.39, 0.29) is 17.5 Å². The molecule has 0 spiro atoms. The summed E-state index contributed by atoms with van der Waals surface area (Å²) in [5.74, 6) is -0.572. The van der Waals surface area contributed by atoms with E-state index in [1.807, 2.05) is 6.07 Å². The molecule has 29 heavy (non-hydrogen) atoms. The highest BCUT2D eigenvalue weighted by atomic mass is 19.1. The number of hydrogen-bond acceptors (Lipinski definition) is 3. The highest BCUT2D eigenvalue weighted by molar-refractivity contribution is 5.92. The second-order valence-electron chi connectivity index (χ2n) is 8.10. The van der Waals surface area contributed by atoms with Gasteiger partial charge in [0.2, 0.25) is 5.91 Å². The third-order valence-corrected chi connectivity index (χ3v) is 5.79. The Morgan fingerprint density at radius 3 is 2.31 bits per heavy atom. The molecule has 2 aliphatic rings. The molecule has 1 aliphatic heterocycles. The number of benzene rings is 2. The summed E-state index contributed by atoms with van der Waals surface area (Å²) < 4.78 is 26.5. The second-order valence-corrected chi connectivity index (χ2v) is 8.10. The average molecular weight is 399 g/mol. The monoisotopic (exact) mass is 399 g/mol. The van der Waals surface area contributed by atoms with Gasteiger partial charge in [-0.2, -0.15) is 0 Å². The van der Waals surface area contributed by atoms with E-state index in [1.165, 1.54) is 31.0 Å². The Bertz CT molecular complexity index is 830. The van der Waals surface area contributed by atoms with Gasteiger partial charge in [-0.15, -0.1) is 0 Å². The number of anilines is 1. The number of nitrogens with one attached hydrogen (secondary N) is 1. The van der Waals surface area contributed by atoms with Gasteiger partial charge in [0.25, 0.3) is 0 Å². The van der Waals surface area contributed by atoms with Crippen molar-refractivity contribution in [1.29, 1.82) is 0 Å². The quantitative estimate of drug-likeness (QED) is 0.764. The molecule has 0 unspecified atom stereocenters. The predicted octanol–water partition coefficient (Wildman–Crippen LogP) is 4.03. The van der Waals surface area contributed by atoms with E-state index in [0.29, 0.717) is 24.3 Å². The van der Waals surface area contributed by atoms with Gasteiger partial charge in [0.05, 0.1) is 6.54 Å². The standard InChI is InChI=1S/C23H27F2N3O/c24-18-4-6-20(7-5-18)26-23(29)16-27-12-10-22(11-13-27)28(21-8-9-21)15-17-2-1-3-19(25)14-17/h1-7,14,21-22H,8-13,15-16H2,(H,26,29). The van der Waals surface area contributed by atoms with E-state index < -0.39 is 0 Å². The van der Waals surface area contributed by atoms with Crippen molar-refractivity contribution in [2.24, 2.45) is 0 Å². The Kier molecular flexibility index (Phi) is 6.21. The number of amides is 1. The summed E-state index contributed by atoms with van der Waals surface area (Å²) in [7, 11) is 0. The van der Waals surface area contributed by atoms with Gasteiger partial charge in [-0.25, -0.2) is 8.78 Å². The van der Waals surface area contributed by atoms with E-state index in [4.69, 9.17) is 0 Å². The fourth-order valence-electron chi connectivity index (χ4n) is 4.15. The fourth-order valence-corrected chi connectivity index (χ4v) is 4.15. The lowest BCUT2D eigenvalue weighted by Gasteiger charge is -2.38. The molecule has 2 fully saturated rings. The van der Waals surface area contributed by atoms with Crippen LogP contribution in [-0.4, -0.2) is 47.4 Å². The predicted molar refractivity (Wildman–Crippen MR) is 109 cm³/mol. The number of carbonyl (C=O) groups excluding carboxylic acids is 1. The van der Waals surface area contributed by atoms with Crippen molar-refractivity contribution in [3.63, 3.8) is 0 Å². The molecular formula is C23H27F2N3O. The Labute approximate surface area is 170 Å². The van der Waals surface area contributed by atoms with Crippen molar-refractivity contribution in [1.82, 2.24) is 9.80 Å². The minimum atomic E-state index is -0.316. The first-order valence-electron chi connectivity index (χ1n) is 10.3. The average Bonchev–Trinajstić information content (AvgIpc) is 3.54. The summed E-state index contributed by atoms with van der Waals surface area (Å²) in [5.41, 5.74) is 1.64. The first-order valence-corrected chi connectivity index (χ1v) is 10.3. The Hall–Kier alpha value is -2.31. The van der Waals surface area contributed by atoms with E-state index in [0.717, 1.165) is 38.0 Å². The van der Waals surface area contributed by atoms with Crippen molar-refractivity contribution in [3.8, 4) is 0 Å². The summed E-state index contributed by atoms with van der Waals surface area (Å²) in [6.45, 7) is 2.87. The van der Waals surface area contributed by atoms with Crippen LogP contribution in [-0.2, 0) is 11.3 Å². The number of halogens is 2. The van der Waals surface area contributed by atoms with E-state index in [2.05, 4.69) is 15.1 Å². The van der Waals surface area contributed by atoms with Crippen LogP contribution in [0.25, 0.3) is 0 Å². The molecule has 2 aromatic carbocycles. The number of hydrogen-bond donors (Lipinski definition) is 1. The molecule has 1 aliphatic carbocycles. The van der Waals surface area contributed by atoms with Crippen LogP contribution in [0.15, 0.2) is 48.5 Å². The maximum atomic E-state index is 13.5. The third-order valence-electron chi connectivity index (χ3n) is 5.79. The number of nitrogens with zero attached hydrogens (tertiary/aromatic N) is 2. The number of piperidine rings is 1. The number of rotatable bonds is 7. The minimum absolute atomic E-state index is 0.0751. The molecule has 0 radical (unpaired) electrons. The molecular weight excluding hydrogens is 372 g/mol. The van der Waals surface area contributed by atoms with Crippen LogP contribution in [0.4, 0.5) is 14.5 Å². The number of carbonyl (C=O) groups is 1. The molecule has 0 atom stereocenters. The molecule has 0 aromatic heterocycles. The topological polar surface area (TPSA) is 35.6 Å². The minimum Gasteiger partial charge on any atom is -0.325 e. The highest BCUT2D eigenvalue weighted by Gasteiger charge is 2.35. The Morgan fingerprint density at radius 2 is 1.66 bits per heavy atom. The van der Waals surface area contributed by atoms with E-state index >= 15 is 0 Å². The van der Waals surface area contributed by atoms with Gasteiger partial charge in [-0.05, 0) is 67.6 Å². The SMILES string of the molecule is O=C(CN1CCC(N(Cc2cccc(F)c2)C2CC2)CC1)Nc1ccc(F)cc1. The van der Waals surface area contributed by atoms with Crippen LogP contribution < -0.4 is 5.32 Å². The van der Waals surface area contributed by atoms with E-state index in [1.54, 1.807) is 24.3 Å². The molecule has 0 bridgehead atoms. The van der Waals surface area contributed by atoms with Crippen molar-refractivity contribution >= 4 is 11.6 Å². The molecule has 6 heteroatoms. The summed E-state index contributed by atoms with van der Waals surface area (Å²) >= 11 is 0. The Morgan fingerprint density at radius 1 is 0.966 bits per heavy atom. The first kappa shape index (κ1) is 20.0. The van der Waals surface area contributed by atoms with Gasteiger partial charge >= 0.3 is 0 Å². The molecule has 1 saturated carbocycles. The van der Waals surface area contributed by atoms with Crippen molar-refractivity contribution in [2.75, 3.05) is 25.0 Å². The maximum absolute atomic E-state index is 13.5. The Balaban J connectivity index is 1.27. The lowest BCUT2D eigenvalue weighted by Crippen LogP contribution is -2.47. The van der Waals surface area contributed by atoms with E-state index in [9.17, 15) is 13.6 Å². The van der Waals surface area contributed by atoms with Crippen LogP contribution in [0.2, 0.25) is 0 Å². The lowest BCUT2D eigenvalue weighted by atomic mass is 10.0. The maximum Gasteiger partial charge on any atom is 0.238 e. The smallest absolute Gasteiger partial charge is 0.238 e. The zero-order valence-electron chi connectivity index (χ0n) is 16.5. The molecule has 4 nitrogen and oxygen atoms in total. The van der Waals surface area contributed by atoms with Gasteiger partial charge in [0, 0.05) is 37.4 Å². The van der Waals surface area contributed by atoms with Crippen LogP contribution in [0, 0.1) is 11.6 Å². The fraction of sp³-hybridized carbons (Fsp3) is 0.435. The zero-order chi connectivity index (χ0) is 20.2. The summed E-state index contributed by atoms with van der Waals surface area (Å²) in [6, 6.07) is 13.8. The van der Waals surface area contributed by atoms with Crippen LogP contribution in [0.3, 0.4) is 0 Å².